The van der Waals surface area contributed by atoms with Crippen molar-refractivity contribution in [3.8, 4) is 0 Å². The van der Waals surface area contributed by atoms with Gasteiger partial charge < -0.3 is 20.1 Å². The molecule has 1 aromatic heterocycles. The number of piperazine rings is 1. The fraction of sp³-hybridized carbons (Fsp3) is 0.571. The van der Waals surface area contributed by atoms with Gasteiger partial charge in [0.15, 0.2) is 0 Å². The first kappa shape index (κ1) is 17.7. The number of nitrogens with one attached hydrogen (secondary N) is 2. The highest BCUT2D eigenvalue weighted by Gasteiger charge is 2.09. The van der Waals surface area contributed by atoms with E-state index in [1.807, 2.05) is 0 Å². The van der Waals surface area contributed by atoms with E-state index in [0.29, 0.717) is 6.54 Å². The Morgan fingerprint density at radius 2 is 2.05 bits per heavy atom. The molecule has 0 unspecified atom stereocenters. The fourth-order valence-electron chi connectivity index (χ4n) is 2.27. The van der Waals surface area contributed by atoms with Gasteiger partial charge >= 0.3 is 0 Å². The van der Waals surface area contributed by atoms with Crippen LogP contribution in [0.5, 0.6) is 0 Å². The lowest BCUT2D eigenvalue weighted by molar-refractivity contribution is -0.121. The second-order valence-corrected chi connectivity index (χ2v) is 4.96. The zero-order valence-corrected chi connectivity index (χ0v) is 12.9. The molecule has 1 amide bonds. The molecule has 2 heterocycles. The molecule has 1 aliphatic heterocycles. The van der Waals surface area contributed by atoms with Crippen LogP contribution in [0.4, 0.5) is 0 Å². The Morgan fingerprint density at radius 1 is 1.29 bits per heavy atom. The zero-order chi connectivity index (χ0) is 14.2. The Hall–Kier alpha value is -1.37. The normalized spacial score (nSPS) is 15.2. The lowest BCUT2D eigenvalue weighted by Crippen LogP contribution is -2.44. The maximum Gasteiger partial charge on any atom is 0.250 e. The van der Waals surface area contributed by atoms with Crippen LogP contribution in [-0.4, -0.2) is 54.6 Å². The Kier molecular flexibility index (Phi) is 8.04. The third-order valence-electron chi connectivity index (χ3n) is 3.40. The second kappa shape index (κ2) is 9.55. The molecule has 0 atom stereocenters. The van der Waals surface area contributed by atoms with Crippen molar-refractivity contribution >= 4 is 18.3 Å². The predicted octanol–water partition coefficient (Wildman–Crippen LogP) is -0.318. The van der Waals surface area contributed by atoms with Gasteiger partial charge in [-0.2, -0.15) is 0 Å². The van der Waals surface area contributed by atoms with Gasteiger partial charge in [-0.25, -0.2) is 0 Å². The van der Waals surface area contributed by atoms with Gasteiger partial charge in [-0.05, 0) is 19.0 Å². The van der Waals surface area contributed by atoms with Crippen LogP contribution >= 0.6 is 12.4 Å². The number of amides is 1. The number of nitrogens with zero attached hydrogens (tertiary/aromatic N) is 2. The van der Waals surface area contributed by atoms with E-state index in [2.05, 4.69) is 15.5 Å². The van der Waals surface area contributed by atoms with Gasteiger partial charge in [0.05, 0.1) is 0 Å². The van der Waals surface area contributed by atoms with Gasteiger partial charge in [-0.1, -0.05) is 6.07 Å². The monoisotopic (exact) mass is 314 g/mol. The average molecular weight is 315 g/mol. The van der Waals surface area contributed by atoms with E-state index in [4.69, 9.17) is 0 Å². The quantitative estimate of drug-likeness (QED) is 0.707. The van der Waals surface area contributed by atoms with Crippen LogP contribution < -0.4 is 16.2 Å². The van der Waals surface area contributed by atoms with Crippen molar-refractivity contribution in [1.29, 1.82) is 0 Å². The fourth-order valence-corrected chi connectivity index (χ4v) is 2.27. The molecular formula is C14H23ClN4O2. The van der Waals surface area contributed by atoms with Crippen molar-refractivity contribution < 1.29 is 4.79 Å². The summed E-state index contributed by atoms with van der Waals surface area (Å²) in [5.41, 5.74) is -0.150. The van der Waals surface area contributed by atoms with Crippen LogP contribution in [0.1, 0.15) is 6.42 Å². The molecule has 0 aliphatic carbocycles. The molecule has 0 saturated carbocycles. The van der Waals surface area contributed by atoms with Crippen LogP contribution in [0.2, 0.25) is 0 Å². The van der Waals surface area contributed by atoms with Crippen LogP contribution in [-0.2, 0) is 11.3 Å². The van der Waals surface area contributed by atoms with Gasteiger partial charge in [-0.15, -0.1) is 12.4 Å². The minimum Gasteiger partial charge on any atom is -0.355 e. The largest absolute Gasteiger partial charge is 0.355 e. The van der Waals surface area contributed by atoms with Crippen LogP contribution in [0, 0.1) is 0 Å². The maximum absolute atomic E-state index is 11.7. The number of rotatable bonds is 6. The molecule has 1 aromatic rings. The molecule has 2 N–H and O–H groups in total. The highest BCUT2D eigenvalue weighted by molar-refractivity contribution is 5.85. The molecule has 0 aromatic carbocycles. The summed E-state index contributed by atoms with van der Waals surface area (Å²) in [5, 5.41) is 6.17. The van der Waals surface area contributed by atoms with Crippen molar-refractivity contribution in [2.75, 3.05) is 39.3 Å². The summed E-state index contributed by atoms with van der Waals surface area (Å²) >= 11 is 0. The van der Waals surface area contributed by atoms with Crippen molar-refractivity contribution in [3.05, 3.63) is 34.7 Å². The minimum atomic E-state index is -0.150. The van der Waals surface area contributed by atoms with Crippen LogP contribution in [0.15, 0.2) is 29.2 Å². The summed E-state index contributed by atoms with van der Waals surface area (Å²) in [7, 11) is 0. The van der Waals surface area contributed by atoms with Gasteiger partial charge in [-0.3, -0.25) is 9.59 Å². The van der Waals surface area contributed by atoms with E-state index in [1.165, 1.54) is 10.6 Å². The summed E-state index contributed by atoms with van der Waals surface area (Å²) in [6, 6.07) is 4.88. The molecular weight excluding hydrogens is 292 g/mol. The number of pyridine rings is 1. The molecule has 1 saturated heterocycles. The van der Waals surface area contributed by atoms with Gasteiger partial charge in [0.25, 0.3) is 5.56 Å². The number of hydrogen-bond donors (Lipinski definition) is 2. The molecule has 0 bridgehead atoms. The maximum atomic E-state index is 11.7. The third-order valence-corrected chi connectivity index (χ3v) is 3.40. The summed E-state index contributed by atoms with van der Waals surface area (Å²) in [5.74, 6) is -0.112. The van der Waals surface area contributed by atoms with Gasteiger partial charge in [0, 0.05) is 45.0 Å². The van der Waals surface area contributed by atoms with E-state index < -0.39 is 0 Å². The van der Waals surface area contributed by atoms with E-state index in [9.17, 15) is 9.59 Å². The molecule has 118 valence electrons. The summed E-state index contributed by atoms with van der Waals surface area (Å²) in [6.07, 6.45) is 2.57. The first-order valence-electron chi connectivity index (χ1n) is 7.11. The first-order chi connectivity index (χ1) is 9.75. The lowest BCUT2D eigenvalue weighted by Gasteiger charge is -2.27. The Morgan fingerprint density at radius 3 is 2.76 bits per heavy atom. The van der Waals surface area contributed by atoms with Crippen molar-refractivity contribution in [2.24, 2.45) is 0 Å². The smallest absolute Gasteiger partial charge is 0.250 e. The van der Waals surface area contributed by atoms with Gasteiger partial charge in [0.2, 0.25) is 5.91 Å². The molecule has 21 heavy (non-hydrogen) atoms. The van der Waals surface area contributed by atoms with Crippen molar-refractivity contribution in [2.45, 2.75) is 13.0 Å². The highest BCUT2D eigenvalue weighted by atomic mass is 35.5. The minimum absolute atomic E-state index is 0. The summed E-state index contributed by atoms with van der Waals surface area (Å²) in [6.45, 7) is 6.00. The summed E-state index contributed by atoms with van der Waals surface area (Å²) < 4.78 is 1.41. The topological polar surface area (TPSA) is 66.4 Å². The summed E-state index contributed by atoms with van der Waals surface area (Å²) in [4.78, 5) is 25.6. The third kappa shape index (κ3) is 6.29. The van der Waals surface area contributed by atoms with Gasteiger partial charge in [0.1, 0.15) is 6.54 Å². The van der Waals surface area contributed by atoms with Crippen molar-refractivity contribution in [3.63, 3.8) is 0 Å². The highest BCUT2D eigenvalue weighted by Crippen LogP contribution is 1.93. The molecule has 1 fully saturated rings. The molecule has 6 nitrogen and oxygen atoms in total. The number of halogens is 1. The standard InChI is InChI=1S/C14H22N4O2.ClH/c19-13(12-18-9-2-1-4-14(18)20)16-5-3-8-17-10-6-15-7-11-17;/h1-2,4,9,15H,3,5-8,10-12H2,(H,16,19);1H. The predicted molar refractivity (Wildman–Crippen MR) is 84.9 cm³/mol. The number of hydrogen-bond acceptors (Lipinski definition) is 4. The number of carbonyl (C=O) groups excluding carboxylic acids is 1. The van der Waals surface area contributed by atoms with E-state index >= 15 is 0 Å². The molecule has 0 radical (unpaired) electrons. The second-order valence-electron chi connectivity index (χ2n) is 4.96. The lowest BCUT2D eigenvalue weighted by atomic mass is 10.3. The van der Waals surface area contributed by atoms with Crippen LogP contribution in [0.25, 0.3) is 0 Å². The van der Waals surface area contributed by atoms with E-state index in [1.54, 1.807) is 18.3 Å². The molecule has 1 aliphatic rings. The Bertz CT molecular complexity index is 486. The Balaban J connectivity index is 0.00000220. The molecule has 0 spiro atoms. The number of carbonyl (C=O) groups is 1. The average Bonchev–Trinajstić information content (AvgIpc) is 2.47. The first-order valence-corrected chi connectivity index (χ1v) is 7.11. The molecule has 2 rings (SSSR count). The SMILES string of the molecule is Cl.O=C(Cn1ccccc1=O)NCCCN1CCNCC1. The van der Waals surface area contributed by atoms with Crippen molar-refractivity contribution in [1.82, 2.24) is 20.1 Å². The number of aromatic nitrogens is 1. The Labute approximate surface area is 130 Å². The van der Waals surface area contributed by atoms with E-state index in [0.717, 1.165) is 39.1 Å². The molecule has 7 heteroatoms. The zero-order valence-electron chi connectivity index (χ0n) is 12.1. The van der Waals surface area contributed by atoms with E-state index in [-0.39, 0.29) is 30.4 Å². The van der Waals surface area contributed by atoms with Crippen LogP contribution in [0.3, 0.4) is 0 Å².